The Labute approximate surface area is 299 Å². The third kappa shape index (κ3) is 6.91. The van der Waals surface area contributed by atoms with Crippen LogP contribution in [-0.2, 0) is 20.7 Å². The lowest BCUT2D eigenvalue weighted by atomic mass is 10.0. The molecule has 0 radical (unpaired) electrons. The number of hydrogen-bond acceptors (Lipinski definition) is 8. The first-order chi connectivity index (χ1) is 24.1. The number of anilines is 1. The van der Waals surface area contributed by atoms with Gasteiger partial charge in [-0.2, -0.15) is 0 Å². The van der Waals surface area contributed by atoms with Crippen molar-refractivity contribution in [2.45, 2.75) is 103 Å². The van der Waals surface area contributed by atoms with Crippen LogP contribution in [0.4, 0.5) is 5.82 Å². The Hall–Kier alpha value is -4.19. The number of furan rings is 1. The summed E-state index contributed by atoms with van der Waals surface area (Å²) in [5.74, 6) is 2.62. The third-order valence-electron chi connectivity index (χ3n) is 10.6. The SMILES string of the molecule is Cc1c2n(c3ccccc13)C1CCN(CC1)C(=O)C[C@@H](C)OCCCc1nc(c3oc4ccccc4c3n1)N1C[C@H](C[C@H]1COC(C)(C)C)O2.O. The first-order valence-corrected chi connectivity index (χ1v) is 18.4. The van der Waals surface area contributed by atoms with Gasteiger partial charge in [-0.1, -0.05) is 30.3 Å². The van der Waals surface area contributed by atoms with Gasteiger partial charge >= 0.3 is 0 Å². The summed E-state index contributed by atoms with van der Waals surface area (Å²) in [5, 5.41) is 2.18. The summed E-state index contributed by atoms with van der Waals surface area (Å²) in [4.78, 5) is 28.0. The minimum atomic E-state index is -0.295. The van der Waals surface area contributed by atoms with Crippen molar-refractivity contribution in [1.82, 2.24) is 19.4 Å². The minimum Gasteiger partial charge on any atom is -0.473 e. The number of aryl methyl sites for hydroxylation is 2. The normalized spacial score (nSPS) is 23.4. The van der Waals surface area contributed by atoms with Crippen molar-refractivity contribution >= 4 is 44.7 Å². The number of piperidine rings is 1. The second-order valence-electron chi connectivity index (χ2n) is 15.4. The first kappa shape index (κ1) is 35.2. The van der Waals surface area contributed by atoms with Gasteiger partial charge in [0.25, 0.3) is 0 Å². The maximum atomic E-state index is 13.3. The number of fused-ring (bicyclic) bond motifs is 12. The van der Waals surface area contributed by atoms with E-state index in [2.05, 4.69) is 67.5 Å². The number of nitrogens with zero attached hydrogens (tertiary/aromatic N) is 5. The minimum absolute atomic E-state index is 0. The molecule has 51 heavy (non-hydrogen) atoms. The fourth-order valence-corrected chi connectivity index (χ4v) is 8.04. The van der Waals surface area contributed by atoms with Crippen molar-refractivity contribution in [2.24, 2.45) is 0 Å². The van der Waals surface area contributed by atoms with Crippen LogP contribution >= 0.6 is 0 Å². The molecular formula is C40H51N5O6. The number of amides is 1. The predicted molar refractivity (Wildman–Crippen MR) is 199 cm³/mol. The zero-order chi connectivity index (χ0) is 34.6. The molecule has 11 heteroatoms. The molecule has 1 amide bonds. The Bertz CT molecular complexity index is 2020. The summed E-state index contributed by atoms with van der Waals surface area (Å²) in [6, 6.07) is 16.9. The molecule has 4 aliphatic heterocycles. The quantitative estimate of drug-likeness (QED) is 0.203. The summed E-state index contributed by atoms with van der Waals surface area (Å²) in [6.07, 6.45) is 4.03. The van der Waals surface area contributed by atoms with Gasteiger partial charge in [0, 0.05) is 54.9 Å². The van der Waals surface area contributed by atoms with Gasteiger partial charge in [0.05, 0.1) is 42.8 Å². The van der Waals surface area contributed by atoms with Crippen LogP contribution in [0.3, 0.4) is 0 Å². The van der Waals surface area contributed by atoms with Crippen molar-refractivity contribution < 1.29 is 28.9 Å². The third-order valence-corrected chi connectivity index (χ3v) is 10.6. The van der Waals surface area contributed by atoms with E-state index in [0.29, 0.717) is 38.2 Å². The maximum Gasteiger partial charge on any atom is 0.225 e. The molecule has 5 aromatic rings. The molecule has 2 N–H and O–H groups in total. The standard InChI is InChI=1S/C40H49N5O5.H2O/c1-25-21-35(46)43-18-16-27(17-19-43)45-32-13-8-6-11-30(32)26(2)39(45)49-29-22-28(24-48-40(3,4)5)44(23-29)38-37-36(31-12-7-9-14-33(31)50-37)41-34(42-38)15-10-20-47-25;/h6-9,11-14,25,27-29H,10,15-24H2,1-5H3;1H2/t25-,28+,29+;/m1./s1. The molecule has 2 aromatic carbocycles. The van der Waals surface area contributed by atoms with E-state index in [1.54, 1.807) is 0 Å². The van der Waals surface area contributed by atoms with Gasteiger partial charge in [0.15, 0.2) is 17.3 Å². The van der Waals surface area contributed by atoms with Gasteiger partial charge < -0.3 is 38.5 Å². The Balaban J connectivity index is 0.00000406. The van der Waals surface area contributed by atoms with Crippen molar-refractivity contribution in [3.05, 3.63) is 59.9 Å². The van der Waals surface area contributed by atoms with Crippen LogP contribution in [0.5, 0.6) is 5.88 Å². The fraction of sp³-hybridized carbons (Fsp3) is 0.525. The highest BCUT2D eigenvalue weighted by atomic mass is 16.5. The molecule has 272 valence electrons. The average Bonchev–Trinajstić information content (AvgIpc) is 3.77. The van der Waals surface area contributed by atoms with E-state index >= 15 is 0 Å². The smallest absolute Gasteiger partial charge is 0.225 e. The van der Waals surface area contributed by atoms with Crippen LogP contribution in [0.2, 0.25) is 0 Å². The molecule has 4 aliphatic rings. The molecule has 6 bridgehead atoms. The highest BCUT2D eigenvalue weighted by Crippen LogP contribution is 2.41. The number of aromatic nitrogens is 3. The molecule has 0 saturated carbocycles. The average molecular weight is 698 g/mol. The van der Waals surface area contributed by atoms with E-state index in [4.69, 9.17) is 28.6 Å². The molecule has 3 aromatic heterocycles. The van der Waals surface area contributed by atoms with E-state index in [1.165, 1.54) is 10.9 Å². The second-order valence-corrected chi connectivity index (χ2v) is 15.4. The van der Waals surface area contributed by atoms with Crippen LogP contribution in [-0.4, -0.2) is 87.5 Å². The molecule has 7 heterocycles. The number of carbonyl (C=O) groups is 1. The molecule has 0 unspecified atom stereocenters. The van der Waals surface area contributed by atoms with Crippen molar-refractivity contribution in [3.8, 4) is 5.88 Å². The number of para-hydroxylation sites is 2. The second kappa shape index (κ2) is 14.1. The largest absolute Gasteiger partial charge is 0.473 e. The van der Waals surface area contributed by atoms with E-state index < -0.39 is 0 Å². The summed E-state index contributed by atoms with van der Waals surface area (Å²) in [5.41, 5.74) is 4.35. The van der Waals surface area contributed by atoms with E-state index in [-0.39, 0.29) is 41.3 Å². The van der Waals surface area contributed by atoms with Gasteiger partial charge in [-0.25, -0.2) is 9.97 Å². The molecule has 9 rings (SSSR count). The van der Waals surface area contributed by atoms with Gasteiger partial charge in [-0.05, 0) is 72.1 Å². The number of benzene rings is 2. The van der Waals surface area contributed by atoms with Crippen LogP contribution in [0.1, 0.15) is 77.2 Å². The van der Waals surface area contributed by atoms with E-state index in [0.717, 1.165) is 78.3 Å². The highest BCUT2D eigenvalue weighted by molar-refractivity contribution is 6.05. The van der Waals surface area contributed by atoms with Gasteiger partial charge in [0.1, 0.15) is 23.0 Å². The molecule has 3 atom stereocenters. The zero-order valence-electron chi connectivity index (χ0n) is 30.5. The lowest BCUT2D eigenvalue weighted by Crippen LogP contribution is -2.40. The summed E-state index contributed by atoms with van der Waals surface area (Å²) < 4.78 is 28.7. The molecule has 11 nitrogen and oxygen atoms in total. The molecule has 2 fully saturated rings. The number of ether oxygens (including phenoxy) is 3. The summed E-state index contributed by atoms with van der Waals surface area (Å²) in [7, 11) is 0. The van der Waals surface area contributed by atoms with E-state index in [9.17, 15) is 4.79 Å². The monoisotopic (exact) mass is 697 g/mol. The Morgan fingerprint density at radius 2 is 1.75 bits per heavy atom. The highest BCUT2D eigenvalue weighted by Gasteiger charge is 2.39. The van der Waals surface area contributed by atoms with Crippen molar-refractivity contribution in [2.75, 3.05) is 37.7 Å². The first-order valence-electron chi connectivity index (χ1n) is 18.4. The van der Waals surface area contributed by atoms with Crippen LogP contribution in [0.15, 0.2) is 52.9 Å². The predicted octanol–water partition coefficient (Wildman–Crippen LogP) is 6.56. The Morgan fingerprint density at radius 3 is 2.53 bits per heavy atom. The van der Waals surface area contributed by atoms with Gasteiger partial charge in [-0.15, -0.1) is 0 Å². The van der Waals surface area contributed by atoms with Crippen LogP contribution < -0.4 is 9.64 Å². The van der Waals surface area contributed by atoms with Crippen molar-refractivity contribution in [1.29, 1.82) is 0 Å². The van der Waals surface area contributed by atoms with Gasteiger partial charge in [-0.3, -0.25) is 4.79 Å². The number of rotatable bonds is 2. The molecule has 2 saturated heterocycles. The van der Waals surface area contributed by atoms with Gasteiger partial charge in [0.2, 0.25) is 5.91 Å². The lowest BCUT2D eigenvalue weighted by Gasteiger charge is -2.34. The molecular weight excluding hydrogens is 646 g/mol. The summed E-state index contributed by atoms with van der Waals surface area (Å²) >= 11 is 0. The topological polar surface area (TPSA) is 127 Å². The Morgan fingerprint density at radius 1 is 1.00 bits per heavy atom. The number of carbonyl (C=O) groups excluding carboxylic acids is 1. The molecule has 0 spiro atoms. The van der Waals surface area contributed by atoms with Crippen LogP contribution in [0.25, 0.3) is 33.0 Å². The zero-order valence-corrected chi connectivity index (χ0v) is 30.5. The molecule has 0 aliphatic carbocycles. The summed E-state index contributed by atoms with van der Waals surface area (Å²) in [6.45, 7) is 13.6. The van der Waals surface area contributed by atoms with Crippen molar-refractivity contribution in [3.63, 3.8) is 0 Å². The van der Waals surface area contributed by atoms with Crippen LogP contribution in [0, 0.1) is 6.92 Å². The van der Waals surface area contributed by atoms with E-state index in [1.807, 2.05) is 30.0 Å². The number of hydrogen-bond donors (Lipinski definition) is 0. The maximum absolute atomic E-state index is 13.3. The fourth-order valence-electron chi connectivity index (χ4n) is 8.04. The Kier molecular flexibility index (Phi) is 9.73. The lowest BCUT2D eigenvalue weighted by molar-refractivity contribution is -0.135.